The number of aliphatic hydroxyl groups is 4. The average molecular weight is 245 g/mol. The smallest absolute Gasteiger partial charge is 0.147 e. The summed E-state index contributed by atoms with van der Waals surface area (Å²) in [5, 5.41) is 39.6. The summed E-state index contributed by atoms with van der Waals surface area (Å²) in [5.74, 6) is 0.250. The zero-order valence-corrected chi connectivity index (χ0v) is 9.19. The monoisotopic (exact) mass is 245 g/mol. The molecular formula is C9H15N3O5. The van der Waals surface area contributed by atoms with Crippen LogP contribution in [0, 0.1) is 4.91 Å². The fourth-order valence-corrected chi connectivity index (χ4v) is 1.27. The molecule has 0 bridgehead atoms. The lowest BCUT2D eigenvalue weighted by molar-refractivity contribution is -0.0788. The second-order valence-electron chi connectivity index (χ2n) is 3.69. The molecule has 17 heavy (non-hydrogen) atoms. The number of aromatic amines is 1. The summed E-state index contributed by atoms with van der Waals surface area (Å²) in [6.07, 6.45) is -3.21. The fraction of sp³-hybridized carbons (Fsp3) is 0.667. The normalized spacial score (nSPS) is 18.4. The van der Waals surface area contributed by atoms with Gasteiger partial charge >= 0.3 is 0 Å². The van der Waals surface area contributed by atoms with E-state index in [2.05, 4.69) is 15.1 Å². The Kier molecular flexibility index (Phi) is 4.70. The molecule has 1 heterocycles. The van der Waals surface area contributed by atoms with Gasteiger partial charge in [0.25, 0.3) is 0 Å². The molecule has 0 amide bonds. The summed E-state index contributed by atoms with van der Waals surface area (Å²) in [5.41, 5.74) is 0.135. The summed E-state index contributed by atoms with van der Waals surface area (Å²) in [6.45, 7) is 0.840. The predicted octanol–water partition coefficient (Wildman–Crippen LogP) is -1.02. The second kappa shape index (κ2) is 5.82. The van der Waals surface area contributed by atoms with Crippen LogP contribution in [0.5, 0.6) is 0 Å². The molecule has 1 aromatic heterocycles. The summed E-state index contributed by atoms with van der Waals surface area (Å²) >= 11 is 0. The Labute approximate surface area is 96.9 Å². The van der Waals surface area contributed by atoms with Gasteiger partial charge in [0.15, 0.2) is 0 Å². The Morgan fingerprint density at radius 1 is 1.47 bits per heavy atom. The number of hydrogen-bond acceptors (Lipinski definition) is 7. The number of nitrogens with zero attached hydrogens (tertiary/aromatic N) is 2. The molecule has 1 rings (SSSR count). The van der Waals surface area contributed by atoms with Crippen LogP contribution in [0.15, 0.2) is 11.4 Å². The Bertz CT molecular complexity index is 369. The van der Waals surface area contributed by atoms with Gasteiger partial charge in [-0.15, -0.1) is 0 Å². The van der Waals surface area contributed by atoms with Crippen molar-refractivity contribution in [1.29, 1.82) is 0 Å². The van der Waals surface area contributed by atoms with Gasteiger partial charge in [0, 0.05) is 0 Å². The minimum atomic E-state index is -1.55. The lowest BCUT2D eigenvalue weighted by Gasteiger charge is -2.20. The van der Waals surface area contributed by atoms with Crippen LogP contribution in [-0.2, 0) is 0 Å². The molecule has 0 aliphatic heterocycles. The molecule has 1 unspecified atom stereocenters. The van der Waals surface area contributed by atoms with Crippen molar-refractivity contribution in [3.8, 4) is 0 Å². The summed E-state index contributed by atoms with van der Waals surface area (Å²) in [6, 6.07) is -0.698. The minimum Gasteiger partial charge on any atom is -0.394 e. The highest BCUT2D eigenvalue weighted by molar-refractivity contribution is 5.09. The molecule has 8 heteroatoms. The van der Waals surface area contributed by atoms with Gasteiger partial charge in [-0.05, 0) is 6.92 Å². The van der Waals surface area contributed by atoms with Gasteiger partial charge in [0.05, 0.1) is 18.5 Å². The van der Waals surface area contributed by atoms with Crippen LogP contribution in [0.3, 0.4) is 0 Å². The molecule has 1 aromatic rings. The van der Waals surface area contributed by atoms with Crippen LogP contribution in [0.1, 0.15) is 30.6 Å². The van der Waals surface area contributed by atoms with Crippen molar-refractivity contribution < 1.29 is 20.4 Å². The third-order valence-corrected chi connectivity index (χ3v) is 2.39. The van der Waals surface area contributed by atoms with Crippen LogP contribution >= 0.6 is 0 Å². The molecule has 0 aliphatic carbocycles. The van der Waals surface area contributed by atoms with Crippen molar-refractivity contribution in [2.24, 2.45) is 5.18 Å². The third kappa shape index (κ3) is 3.07. The fourth-order valence-electron chi connectivity index (χ4n) is 1.27. The van der Waals surface area contributed by atoms with Crippen molar-refractivity contribution in [2.75, 3.05) is 6.61 Å². The Balaban J connectivity index is 2.79. The maximum absolute atomic E-state index is 10.3. The number of aliphatic hydroxyl groups excluding tert-OH is 4. The average Bonchev–Trinajstić information content (AvgIpc) is 2.84. The van der Waals surface area contributed by atoms with E-state index in [1.54, 1.807) is 0 Å². The number of nitroso groups, excluding NO2 is 1. The number of aromatic nitrogens is 2. The van der Waals surface area contributed by atoms with E-state index in [1.807, 2.05) is 0 Å². The SMILES string of the molecule is CC(N=O)c1ncc([C@@H](O)[C@H](O)[C@H](O)CO)[nH]1. The Hall–Kier alpha value is -1.35. The summed E-state index contributed by atoms with van der Waals surface area (Å²) in [4.78, 5) is 16.7. The van der Waals surface area contributed by atoms with Crippen LogP contribution < -0.4 is 0 Å². The lowest BCUT2D eigenvalue weighted by atomic mass is 10.1. The molecule has 8 nitrogen and oxygen atoms in total. The molecule has 0 spiro atoms. The van der Waals surface area contributed by atoms with Crippen LogP contribution in [0.2, 0.25) is 0 Å². The van der Waals surface area contributed by atoms with Crippen LogP contribution in [0.4, 0.5) is 0 Å². The molecule has 0 aromatic carbocycles. The van der Waals surface area contributed by atoms with E-state index in [4.69, 9.17) is 10.2 Å². The van der Waals surface area contributed by atoms with Crippen molar-refractivity contribution in [1.82, 2.24) is 9.97 Å². The van der Waals surface area contributed by atoms with E-state index >= 15 is 0 Å². The van der Waals surface area contributed by atoms with E-state index in [0.717, 1.165) is 0 Å². The quantitative estimate of drug-likeness (QED) is 0.407. The lowest BCUT2D eigenvalue weighted by Crippen LogP contribution is -2.34. The van der Waals surface area contributed by atoms with Crippen molar-refractivity contribution >= 4 is 0 Å². The van der Waals surface area contributed by atoms with E-state index < -0.39 is 31.0 Å². The molecule has 0 saturated heterocycles. The van der Waals surface area contributed by atoms with Gasteiger partial charge in [0.1, 0.15) is 30.2 Å². The highest BCUT2D eigenvalue weighted by atomic mass is 16.4. The summed E-state index contributed by atoms with van der Waals surface area (Å²) in [7, 11) is 0. The van der Waals surface area contributed by atoms with E-state index in [1.165, 1.54) is 13.1 Å². The Morgan fingerprint density at radius 2 is 2.12 bits per heavy atom. The van der Waals surface area contributed by atoms with Gasteiger partial charge in [-0.2, -0.15) is 4.91 Å². The third-order valence-electron chi connectivity index (χ3n) is 2.39. The molecule has 0 aliphatic rings. The first kappa shape index (κ1) is 13.7. The van der Waals surface area contributed by atoms with E-state index in [0.29, 0.717) is 0 Å². The second-order valence-corrected chi connectivity index (χ2v) is 3.69. The Morgan fingerprint density at radius 3 is 2.65 bits per heavy atom. The maximum atomic E-state index is 10.3. The largest absolute Gasteiger partial charge is 0.394 e. The van der Waals surface area contributed by atoms with Gasteiger partial charge in [0.2, 0.25) is 0 Å². The first-order valence-electron chi connectivity index (χ1n) is 5.03. The van der Waals surface area contributed by atoms with Gasteiger partial charge in [-0.25, -0.2) is 4.98 Å². The van der Waals surface area contributed by atoms with E-state index in [9.17, 15) is 15.1 Å². The topological polar surface area (TPSA) is 139 Å². The number of H-pyrrole nitrogens is 1. The molecule has 5 N–H and O–H groups in total. The van der Waals surface area contributed by atoms with Gasteiger partial charge < -0.3 is 25.4 Å². The molecule has 0 radical (unpaired) electrons. The first-order chi connectivity index (χ1) is 8.01. The van der Waals surface area contributed by atoms with Crippen molar-refractivity contribution in [2.45, 2.75) is 31.3 Å². The van der Waals surface area contributed by atoms with Gasteiger partial charge in [-0.3, -0.25) is 0 Å². The molecular weight excluding hydrogens is 230 g/mol. The number of nitrogens with one attached hydrogen (secondary N) is 1. The van der Waals surface area contributed by atoms with Crippen LogP contribution in [0.25, 0.3) is 0 Å². The standard InChI is InChI=1S/C9H15N3O5/c1-4(12-17)9-10-2-5(11-9)7(15)8(16)6(14)3-13/h2,4,6-8,13-16H,3H2,1H3,(H,10,11)/t4?,6-,7-,8-/m1/s1. The molecule has 0 fully saturated rings. The van der Waals surface area contributed by atoms with E-state index in [-0.39, 0.29) is 11.5 Å². The zero-order valence-electron chi connectivity index (χ0n) is 9.19. The number of hydrogen-bond donors (Lipinski definition) is 5. The number of rotatable bonds is 6. The van der Waals surface area contributed by atoms with Crippen LogP contribution in [-0.4, -0.2) is 49.2 Å². The predicted molar refractivity (Wildman–Crippen MR) is 56.9 cm³/mol. The number of imidazole rings is 1. The van der Waals surface area contributed by atoms with Crippen molar-refractivity contribution in [3.63, 3.8) is 0 Å². The highest BCUT2D eigenvalue weighted by Crippen LogP contribution is 2.20. The summed E-state index contributed by atoms with van der Waals surface area (Å²) < 4.78 is 0. The minimum absolute atomic E-state index is 0.135. The molecule has 96 valence electrons. The molecule has 0 saturated carbocycles. The first-order valence-corrected chi connectivity index (χ1v) is 5.03. The maximum Gasteiger partial charge on any atom is 0.147 e. The molecule has 4 atom stereocenters. The van der Waals surface area contributed by atoms with Crippen molar-refractivity contribution in [3.05, 3.63) is 22.6 Å². The van der Waals surface area contributed by atoms with Gasteiger partial charge in [-0.1, -0.05) is 5.18 Å². The zero-order chi connectivity index (χ0) is 13.0. The highest BCUT2D eigenvalue weighted by Gasteiger charge is 2.27.